The van der Waals surface area contributed by atoms with Crippen molar-refractivity contribution in [3.63, 3.8) is 0 Å². The molecule has 114 valence electrons. The summed E-state index contributed by atoms with van der Waals surface area (Å²) in [6.45, 7) is 4.80. The molecule has 21 heavy (non-hydrogen) atoms. The quantitative estimate of drug-likeness (QED) is 0.860. The summed E-state index contributed by atoms with van der Waals surface area (Å²) in [5.41, 5.74) is 0.931. The maximum absolute atomic E-state index is 12.5. The normalized spacial score (nSPS) is 11.6. The number of hydrogen-bond donors (Lipinski definition) is 1. The number of aryl methyl sites for hydroxylation is 1. The molecule has 0 aliphatic heterocycles. The number of carbonyl (C=O) groups is 1. The van der Waals surface area contributed by atoms with Crippen molar-refractivity contribution in [1.82, 2.24) is 4.31 Å². The van der Waals surface area contributed by atoms with E-state index in [1.807, 2.05) is 19.9 Å². The zero-order valence-electron chi connectivity index (χ0n) is 12.2. The van der Waals surface area contributed by atoms with E-state index in [1.165, 1.54) is 18.2 Å². The molecule has 0 saturated carbocycles. The second kappa shape index (κ2) is 6.70. The van der Waals surface area contributed by atoms with Crippen LogP contribution >= 0.6 is 0 Å². The first kappa shape index (κ1) is 17.1. The maximum atomic E-state index is 12.5. The molecular weight excluding hydrogens is 292 g/mol. The summed E-state index contributed by atoms with van der Waals surface area (Å²) in [6, 6.07) is 6.11. The summed E-state index contributed by atoms with van der Waals surface area (Å²) >= 11 is 0. The lowest BCUT2D eigenvalue weighted by molar-refractivity contribution is -0.137. The molecule has 0 heterocycles. The highest BCUT2D eigenvalue weighted by Gasteiger charge is 2.27. The van der Waals surface area contributed by atoms with Gasteiger partial charge in [-0.05, 0) is 36.6 Å². The lowest BCUT2D eigenvalue weighted by Crippen LogP contribution is -2.38. The topological polar surface area (TPSA) is 98.5 Å². The van der Waals surface area contributed by atoms with Crippen LogP contribution in [0, 0.1) is 24.2 Å². The Morgan fingerprint density at radius 1 is 1.43 bits per heavy atom. The number of aliphatic carboxylic acids is 1. The third kappa shape index (κ3) is 4.28. The van der Waals surface area contributed by atoms with Crippen molar-refractivity contribution in [2.45, 2.75) is 25.7 Å². The van der Waals surface area contributed by atoms with Gasteiger partial charge in [-0.2, -0.15) is 9.57 Å². The van der Waals surface area contributed by atoms with Crippen LogP contribution in [0.2, 0.25) is 0 Å². The molecule has 1 N–H and O–H groups in total. The molecule has 1 aromatic carbocycles. The summed E-state index contributed by atoms with van der Waals surface area (Å²) in [5, 5.41) is 17.8. The van der Waals surface area contributed by atoms with Crippen molar-refractivity contribution in [2.24, 2.45) is 5.92 Å². The minimum Gasteiger partial charge on any atom is -0.480 e. The van der Waals surface area contributed by atoms with Gasteiger partial charge in [0.1, 0.15) is 6.54 Å². The molecule has 0 spiro atoms. The third-order valence-corrected chi connectivity index (χ3v) is 4.64. The summed E-state index contributed by atoms with van der Waals surface area (Å²) < 4.78 is 26.0. The molecule has 0 saturated heterocycles. The fourth-order valence-corrected chi connectivity index (χ4v) is 3.52. The van der Waals surface area contributed by atoms with Crippen LogP contribution in [0.15, 0.2) is 23.1 Å². The predicted molar refractivity (Wildman–Crippen MR) is 77.1 cm³/mol. The van der Waals surface area contributed by atoms with Gasteiger partial charge in [0.05, 0.1) is 16.5 Å². The molecule has 0 amide bonds. The van der Waals surface area contributed by atoms with E-state index in [0.717, 1.165) is 4.31 Å². The second-order valence-electron chi connectivity index (χ2n) is 5.17. The monoisotopic (exact) mass is 310 g/mol. The van der Waals surface area contributed by atoms with Gasteiger partial charge < -0.3 is 5.11 Å². The van der Waals surface area contributed by atoms with Crippen LogP contribution in [0.4, 0.5) is 0 Å². The molecule has 0 aromatic heterocycles. The van der Waals surface area contributed by atoms with Crippen LogP contribution in [-0.4, -0.2) is 36.9 Å². The molecule has 0 unspecified atom stereocenters. The first-order chi connectivity index (χ1) is 9.68. The summed E-state index contributed by atoms with van der Waals surface area (Å²) in [5.74, 6) is -1.21. The lowest BCUT2D eigenvalue weighted by atomic mass is 10.1. The fraction of sp³-hybridized carbons (Fsp3) is 0.429. The SMILES string of the molecule is Cc1cc(S(=O)(=O)N(CC(=O)O)CC(C)C)ccc1C#N. The number of nitriles is 1. The van der Waals surface area contributed by atoms with Crippen LogP contribution in [0.1, 0.15) is 25.0 Å². The van der Waals surface area contributed by atoms with Crippen molar-refractivity contribution in [3.8, 4) is 6.07 Å². The highest BCUT2D eigenvalue weighted by molar-refractivity contribution is 7.89. The van der Waals surface area contributed by atoms with E-state index in [-0.39, 0.29) is 17.4 Å². The zero-order valence-corrected chi connectivity index (χ0v) is 13.0. The average Bonchev–Trinajstić information content (AvgIpc) is 2.36. The Morgan fingerprint density at radius 3 is 2.48 bits per heavy atom. The first-order valence-electron chi connectivity index (χ1n) is 6.41. The smallest absolute Gasteiger partial charge is 0.318 e. The number of rotatable bonds is 6. The molecule has 0 aliphatic carbocycles. The third-order valence-electron chi connectivity index (χ3n) is 2.84. The summed E-state index contributed by atoms with van der Waals surface area (Å²) in [6.07, 6.45) is 0. The number of carboxylic acids is 1. The number of nitrogens with zero attached hydrogens (tertiary/aromatic N) is 2. The van der Waals surface area contributed by atoms with Crippen molar-refractivity contribution in [2.75, 3.05) is 13.1 Å². The largest absolute Gasteiger partial charge is 0.480 e. The maximum Gasteiger partial charge on any atom is 0.318 e. The van der Waals surface area contributed by atoms with Gasteiger partial charge in [0.15, 0.2) is 0 Å². The first-order valence-corrected chi connectivity index (χ1v) is 7.85. The van der Waals surface area contributed by atoms with Gasteiger partial charge in [0.25, 0.3) is 0 Å². The van der Waals surface area contributed by atoms with E-state index in [1.54, 1.807) is 6.92 Å². The molecule has 7 heteroatoms. The number of sulfonamides is 1. The highest BCUT2D eigenvalue weighted by atomic mass is 32.2. The van der Waals surface area contributed by atoms with Gasteiger partial charge in [-0.3, -0.25) is 4.79 Å². The molecule has 0 radical (unpaired) electrons. The van der Waals surface area contributed by atoms with E-state index in [4.69, 9.17) is 10.4 Å². The Bertz CT molecular complexity index is 675. The van der Waals surface area contributed by atoms with Gasteiger partial charge in [-0.15, -0.1) is 0 Å². The number of carboxylic acid groups (broad SMARTS) is 1. The molecule has 0 bridgehead atoms. The summed E-state index contributed by atoms with van der Waals surface area (Å²) in [4.78, 5) is 10.9. The van der Waals surface area contributed by atoms with Crippen LogP contribution in [0.25, 0.3) is 0 Å². The predicted octanol–water partition coefficient (Wildman–Crippen LogP) is 1.60. The number of benzene rings is 1. The Kier molecular flexibility index (Phi) is 5.47. The van der Waals surface area contributed by atoms with Crippen molar-refractivity contribution >= 4 is 16.0 Å². The minimum atomic E-state index is -3.90. The van der Waals surface area contributed by atoms with Crippen molar-refractivity contribution in [1.29, 1.82) is 5.26 Å². The van der Waals surface area contributed by atoms with Gasteiger partial charge in [-0.25, -0.2) is 8.42 Å². The van der Waals surface area contributed by atoms with Gasteiger partial charge >= 0.3 is 5.97 Å². The van der Waals surface area contributed by atoms with E-state index in [2.05, 4.69) is 0 Å². The Balaban J connectivity index is 3.25. The molecule has 0 atom stereocenters. The zero-order chi connectivity index (χ0) is 16.2. The molecule has 6 nitrogen and oxygen atoms in total. The molecule has 1 rings (SSSR count). The van der Waals surface area contributed by atoms with E-state index in [0.29, 0.717) is 11.1 Å². The van der Waals surface area contributed by atoms with E-state index >= 15 is 0 Å². The second-order valence-corrected chi connectivity index (χ2v) is 7.11. The minimum absolute atomic E-state index is 0.000833. The number of hydrogen-bond acceptors (Lipinski definition) is 4. The Hall–Kier alpha value is -1.91. The molecular formula is C14H18N2O4S. The molecule has 0 fully saturated rings. The molecule has 0 aliphatic rings. The standard InChI is InChI=1S/C14H18N2O4S/c1-10(2)8-16(9-14(17)18)21(19,20)13-5-4-12(7-15)11(3)6-13/h4-6,10H,8-9H2,1-3H3,(H,17,18). The van der Waals surface area contributed by atoms with Crippen LogP contribution in [0.3, 0.4) is 0 Å². The van der Waals surface area contributed by atoms with Crippen LogP contribution in [0.5, 0.6) is 0 Å². The van der Waals surface area contributed by atoms with Gasteiger partial charge in [-0.1, -0.05) is 13.8 Å². The van der Waals surface area contributed by atoms with Crippen molar-refractivity contribution < 1.29 is 18.3 Å². The highest BCUT2D eigenvalue weighted by Crippen LogP contribution is 2.20. The van der Waals surface area contributed by atoms with E-state index < -0.39 is 22.5 Å². The van der Waals surface area contributed by atoms with Gasteiger partial charge in [0, 0.05) is 6.54 Å². The fourth-order valence-electron chi connectivity index (χ4n) is 1.88. The lowest BCUT2D eigenvalue weighted by Gasteiger charge is -2.22. The molecule has 1 aromatic rings. The van der Waals surface area contributed by atoms with E-state index in [9.17, 15) is 13.2 Å². The Labute approximate surface area is 124 Å². The van der Waals surface area contributed by atoms with Gasteiger partial charge in [0.2, 0.25) is 10.0 Å². The van der Waals surface area contributed by atoms with Crippen molar-refractivity contribution in [3.05, 3.63) is 29.3 Å². The van der Waals surface area contributed by atoms with Crippen LogP contribution < -0.4 is 0 Å². The van der Waals surface area contributed by atoms with Crippen LogP contribution in [-0.2, 0) is 14.8 Å². The average molecular weight is 310 g/mol. The summed E-state index contributed by atoms with van der Waals surface area (Å²) in [7, 11) is -3.90. The Morgan fingerprint density at radius 2 is 2.05 bits per heavy atom.